The second-order valence-corrected chi connectivity index (χ2v) is 6.41. The van der Waals surface area contributed by atoms with Gasteiger partial charge in [-0.05, 0) is 37.5 Å². The highest BCUT2D eigenvalue weighted by Gasteiger charge is 2.22. The van der Waals surface area contributed by atoms with Crippen LogP contribution in [0.1, 0.15) is 39.2 Å². The van der Waals surface area contributed by atoms with Crippen LogP contribution in [0.25, 0.3) is 0 Å². The van der Waals surface area contributed by atoms with Gasteiger partial charge in [-0.25, -0.2) is 0 Å². The van der Waals surface area contributed by atoms with Crippen molar-refractivity contribution in [2.45, 2.75) is 52.3 Å². The van der Waals surface area contributed by atoms with E-state index in [1.165, 1.54) is 17.7 Å². The number of anilines is 1. The van der Waals surface area contributed by atoms with Crippen LogP contribution in [0.3, 0.4) is 0 Å². The fraction of sp³-hybridized carbons (Fsp3) is 0.647. The summed E-state index contributed by atoms with van der Waals surface area (Å²) in [5, 5.41) is 4.30. The van der Waals surface area contributed by atoms with Gasteiger partial charge in [0.25, 0.3) is 0 Å². The van der Waals surface area contributed by atoms with E-state index in [0.717, 1.165) is 37.7 Å². The first-order valence-electron chi connectivity index (χ1n) is 7.98. The van der Waals surface area contributed by atoms with Gasteiger partial charge in [-0.3, -0.25) is 0 Å². The number of hydrogen-bond donors (Lipinski definition) is 1. The largest absolute Gasteiger partial charge is 0.377 e. The van der Waals surface area contributed by atoms with E-state index in [4.69, 9.17) is 16.3 Å². The maximum Gasteiger partial charge on any atom is 0.0750 e. The fourth-order valence-electron chi connectivity index (χ4n) is 2.82. The molecule has 0 bridgehead atoms. The Morgan fingerprint density at radius 3 is 2.95 bits per heavy atom. The van der Waals surface area contributed by atoms with E-state index >= 15 is 0 Å². The van der Waals surface area contributed by atoms with Gasteiger partial charge < -0.3 is 15.0 Å². The van der Waals surface area contributed by atoms with Gasteiger partial charge in [-0.1, -0.05) is 31.5 Å². The first kappa shape index (κ1) is 16.6. The summed E-state index contributed by atoms with van der Waals surface area (Å²) < 4.78 is 5.81. The molecule has 0 aromatic heterocycles. The number of halogens is 1. The normalized spacial score (nSPS) is 19.3. The maximum absolute atomic E-state index is 6.22. The van der Waals surface area contributed by atoms with Crippen molar-refractivity contribution in [1.29, 1.82) is 0 Å². The summed E-state index contributed by atoms with van der Waals surface area (Å²) in [5.74, 6) is 0. The van der Waals surface area contributed by atoms with E-state index in [9.17, 15) is 0 Å². The minimum absolute atomic E-state index is 0.341. The molecule has 1 unspecified atom stereocenters. The SMILES string of the molecule is CCOC1CCCN(c2cc(Cl)ccc2CNC(C)C)C1. The van der Waals surface area contributed by atoms with E-state index < -0.39 is 0 Å². The van der Waals surface area contributed by atoms with E-state index in [-0.39, 0.29) is 0 Å². The molecule has 1 heterocycles. The molecule has 1 saturated heterocycles. The van der Waals surface area contributed by atoms with Crippen molar-refractivity contribution in [1.82, 2.24) is 5.32 Å². The monoisotopic (exact) mass is 310 g/mol. The Hall–Kier alpha value is -0.770. The second kappa shape index (κ2) is 8.02. The molecule has 1 N–H and O–H groups in total. The number of benzene rings is 1. The van der Waals surface area contributed by atoms with Gasteiger partial charge in [0.15, 0.2) is 0 Å². The minimum atomic E-state index is 0.341. The van der Waals surface area contributed by atoms with Crippen molar-refractivity contribution in [3.8, 4) is 0 Å². The lowest BCUT2D eigenvalue weighted by molar-refractivity contribution is 0.0526. The highest BCUT2D eigenvalue weighted by atomic mass is 35.5. The van der Waals surface area contributed by atoms with Crippen molar-refractivity contribution >= 4 is 17.3 Å². The lowest BCUT2D eigenvalue weighted by Crippen LogP contribution is -2.40. The Morgan fingerprint density at radius 1 is 1.43 bits per heavy atom. The van der Waals surface area contributed by atoms with Crippen LogP contribution in [0.2, 0.25) is 5.02 Å². The molecule has 1 aromatic rings. The molecule has 1 fully saturated rings. The quantitative estimate of drug-likeness (QED) is 0.864. The zero-order valence-electron chi connectivity index (χ0n) is 13.4. The number of nitrogens with zero attached hydrogens (tertiary/aromatic N) is 1. The summed E-state index contributed by atoms with van der Waals surface area (Å²) in [6.45, 7) is 10.1. The van der Waals surface area contributed by atoms with Crippen LogP contribution in [0.4, 0.5) is 5.69 Å². The van der Waals surface area contributed by atoms with Crippen LogP contribution in [0.5, 0.6) is 0 Å². The smallest absolute Gasteiger partial charge is 0.0750 e. The van der Waals surface area contributed by atoms with Gasteiger partial charge in [0.2, 0.25) is 0 Å². The van der Waals surface area contributed by atoms with Gasteiger partial charge in [0.05, 0.1) is 6.10 Å². The van der Waals surface area contributed by atoms with Gasteiger partial charge in [0, 0.05) is 43.0 Å². The first-order chi connectivity index (χ1) is 10.1. The fourth-order valence-corrected chi connectivity index (χ4v) is 2.99. The summed E-state index contributed by atoms with van der Waals surface area (Å²) in [4.78, 5) is 2.42. The summed E-state index contributed by atoms with van der Waals surface area (Å²) in [6, 6.07) is 6.68. The molecule has 118 valence electrons. The van der Waals surface area contributed by atoms with Crippen LogP contribution in [0.15, 0.2) is 18.2 Å². The van der Waals surface area contributed by atoms with Crippen LogP contribution in [-0.2, 0) is 11.3 Å². The van der Waals surface area contributed by atoms with Gasteiger partial charge in [-0.2, -0.15) is 0 Å². The van der Waals surface area contributed by atoms with Crippen molar-refractivity contribution in [3.63, 3.8) is 0 Å². The molecule has 4 heteroatoms. The van der Waals surface area contributed by atoms with Crippen molar-refractivity contribution in [2.24, 2.45) is 0 Å². The number of piperidine rings is 1. The van der Waals surface area contributed by atoms with Crippen LogP contribution in [0, 0.1) is 0 Å². The molecule has 2 rings (SSSR count). The van der Waals surface area contributed by atoms with Gasteiger partial charge in [0.1, 0.15) is 0 Å². The molecule has 1 aliphatic rings. The molecule has 0 amide bonds. The Bertz CT molecular complexity index is 448. The molecule has 0 spiro atoms. The molecular formula is C17H27ClN2O. The van der Waals surface area contributed by atoms with Crippen LogP contribution in [-0.4, -0.2) is 31.8 Å². The highest BCUT2D eigenvalue weighted by molar-refractivity contribution is 6.30. The minimum Gasteiger partial charge on any atom is -0.377 e. The molecule has 0 aliphatic carbocycles. The zero-order valence-corrected chi connectivity index (χ0v) is 14.1. The maximum atomic E-state index is 6.22. The lowest BCUT2D eigenvalue weighted by atomic mass is 10.0. The van der Waals surface area contributed by atoms with Crippen molar-refractivity contribution in [2.75, 3.05) is 24.6 Å². The number of ether oxygens (including phenoxy) is 1. The Balaban J connectivity index is 2.14. The topological polar surface area (TPSA) is 24.5 Å². The van der Waals surface area contributed by atoms with Crippen molar-refractivity contribution in [3.05, 3.63) is 28.8 Å². The summed E-state index contributed by atoms with van der Waals surface area (Å²) in [6.07, 6.45) is 2.67. The van der Waals surface area contributed by atoms with E-state index in [1.807, 2.05) is 6.07 Å². The molecule has 1 atom stereocenters. The first-order valence-corrected chi connectivity index (χ1v) is 8.36. The molecular weight excluding hydrogens is 284 g/mol. The summed E-state index contributed by atoms with van der Waals surface area (Å²) >= 11 is 6.22. The van der Waals surface area contributed by atoms with Gasteiger partial charge >= 0.3 is 0 Å². The predicted molar refractivity (Wildman–Crippen MR) is 90.3 cm³/mol. The Labute approximate surface area is 133 Å². The van der Waals surface area contributed by atoms with E-state index in [2.05, 4.69) is 43.1 Å². The van der Waals surface area contributed by atoms with Crippen molar-refractivity contribution < 1.29 is 4.74 Å². The average molecular weight is 311 g/mol. The number of nitrogens with one attached hydrogen (secondary N) is 1. The molecule has 0 radical (unpaired) electrons. The van der Waals surface area contributed by atoms with E-state index in [1.54, 1.807) is 0 Å². The third-order valence-corrected chi connectivity index (χ3v) is 4.10. The molecule has 3 nitrogen and oxygen atoms in total. The number of hydrogen-bond acceptors (Lipinski definition) is 3. The number of rotatable bonds is 6. The van der Waals surface area contributed by atoms with Gasteiger partial charge in [-0.15, -0.1) is 0 Å². The average Bonchev–Trinajstić information content (AvgIpc) is 2.46. The molecule has 21 heavy (non-hydrogen) atoms. The molecule has 0 saturated carbocycles. The lowest BCUT2D eigenvalue weighted by Gasteiger charge is -2.35. The summed E-state index contributed by atoms with van der Waals surface area (Å²) in [7, 11) is 0. The second-order valence-electron chi connectivity index (χ2n) is 5.97. The van der Waals surface area contributed by atoms with E-state index in [0.29, 0.717) is 12.1 Å². The zero-order chi connectivity index (χ0) is 15.2. The van der Waals surface area contributed by atoms with Crippen LogP contribution >= 0.6 is 11.6 Å². The third-order valence-electron chi connectivity index (χ3n) is 3.87. The predicted octanol–water partition coefficient (Wildman–Crippen LogP) is 3.84. The standard InChI is InChI=1S/C17H27ClN2O/c1-4-21-16-6-5-9-20(12-16)17-10-15(18)8-7-14(17)11-19-13(2)3/h7-8,10,13,16,19H,4-6,9,11-12H2,1-3H3. The third kappa shape index (κ3) is 4.87. The van der Waals surface area contributed by atoms with Crippen LogP contribution < -0.4 is 10.2 Å². The Kier molecular flexibility index (Phi) is 6.34. The Morgan fingerprint density at radius 2 is 2.24 bits per heavy atom. The highest BCUT2D eigenvalue weighted by Crippen LogP contribution is 2.28. The molecule has 1 aliphatic heterocycles. The molecule has 1 aromatic carbocycles. The summed E-state index contributed by atoms with van der Waals surface area (Å²) in [5.41, 5.74) is 2.56.